The van der Waals surface area contributed by atoms with E-state index in [0.717, 1.165) is 37.8 Å². The predicted molar refractivity (Wildman–Crippen MR) is 162 cm³/mol. The van der Waals surface area contributed by atoms with Crippen LogP contribution in [0.1, 0.15) is 24.0 Å². The van der Waals surface area contributed by atoms with Gasteiger partial charge in [0, 0.05) is 0 Å². The summed E-state index contributed by atoms with van der Waals surface area (Å²) in [5.41, 5.74) is 2.74. The average molecular weight is 503 g/mol. The molecule has 0 heterocycles. The van der Waals surface area contributed by atoms with Gasteiger partial charge in [0.25, 0.3) is 0 Å². The Labute approximate surface area is 222 Å². The quantitative estimate of drug-likeness (QED) is 0.136. The first-order valence-electron chi connectivity index (χ1n) is 13.3. The van der Waals surface area contributed by atoms with Crippen molar-refractivity contribution in [2.24, 2.45) is 0 Å². The summed E-state index contributed by atoms with van der Waals surface area (Å²) in [7, 11) is -2.29. The molecule has 37 heavy (non-hydrogen) atoms. The van der Waals surface area contributed by atoms with Gasteiger partial charge in [0.2, 0.25) is 0 Å². The molecule has 5 rings (SSSR count). The van der Waals surface area contributed by atoms with Gasteiger partial charge in [0.15, 0.2) is 0 Å². The van der Waals surface area contributed by atoms with Crippen molar-refractivity contribution in [1.82, 2.24) is 0 Å². The predicted octanol–water partition coefficient (Wildman–Crippen LogP) is 7.31. The summed E-state index contributed by atoms with van der Waals surface area (Å²) >= 11 is 0. The molecule has 0 amide bonds. The van der Waals surface area contributed by atoms with Crippen LogP contribution < -0.4 is 20.7 Å². The summed E-state index contributed by atoms with van der Waals surface area (Å²) in [6.07, 6.45) is 4.31. The first kappa shape index (κ1) is 25.0. The van der Waals surface area contributed by atoms with E-state index < -0.39 is 7.26 Å². The SMILES string of the molecule is c1ccc(CCCCOc2ccc(C[PH](c3ccccc3)(c3ccccc3)c3ccccc3)cc2)cc1. The second kappa shape index (κ2) is 12.5. The van der Waals surface area contributed by atoms with Crippen LogP contribution in [0.15, 0.2) is 146 Å². The van der Waals surface area contributed by atoms with Crippen LogP contribution in [0.5, 0.6) is 5.75 Å². The molecule has 0 aliphatic heterocycles. The van der Waals surface area contributed by atoms with Crippen molar-refractivity contribution in [2.75, 3.05) is 6.61 Å². The van der Waals surface area contributed by atoms with Gasteiger partial charge in [-0.1, -0.05) is 18.2 Å². The summed E-state index contributed by atoms with van der Waals surface area (Å²) in [5, 5.41) is 4.31. The van der Waals surface area contributed by atoms with E-state index >= 15 is 0 Å². The van der Waals surface area contributed by atoms with Gasteiger partial charge in [-0.15, -0.1) is 0 Å². The zero-order chi connectivity index (χ0) is 25.2. The third-order valence-corrected chi connectivity index (χ3v) is 12.1. The van der Waals surface area contributed by atoms with Crippen molar-refractivity contribution >= 4 is 23.2 Å². The Morgan fingerprint density at radius 1 is 0.432 bits per heavy atom. The fourth-order valence-corrected chi connectivity index (χ4v) is 9.99. The average Bonchev–Trinajstić information content (AvgIpc) is 2.98. The van der Waals surface area contributed by atoms with Crippen LogP contribution in [0.25, 0.3) is 0 Å². The first-order chi connectivity index (χ1) is 18.3. The van der Waals surface area contributed by atoms with E-state index in [1.165, 1.54) is 27.0 Å². The van der Waals surface area contributed by atoms with Crippen LogP contribution in [0.4, 0.5) is 0 Å². The molecule has 0 atom stereocenters. The normalized spacial score (nSPS) is 11.7. The van der Waals surface area contributed by atoms with Gasteiger partial charge < -0.3 is 0 Å². The Morgan fingerprint density at radius 2 is 0.892 bits per heavy atom. The fraction of sp³-hybridized carbons (Fsp3) is 0.143. The van der Waals surface area contributed by atoms with E-state index in [9.17, 15) is 0 Å². The van der Waals surface area contributed by atoms with Gasteiger partial charge in [-0.2, -0.15) is 0 Å². The molecule has 0 saturated heterocycles. The Hall–Kier alpha value is -3.67. The molecule has 0 fully saturated rings. The first-order valence-corrected chi connectivity index (χ1v) is 15.5. The molecule has 0 N–H and O–H groups in total. The van der Waals surface area contributed by atoms with Gasteiger partial charge in [-0.3, -0.25) is 0 Å². The summed E-state index contributed by atoms with van der Waals surface area (Å²) in [6.45, 7) is 0.753. The summed E-state index contributed by atoms with van der Waals surface area (Å²) in [6, 6.07) is 52.8. The second-order valence-corrected chi connectivity index (χ2v) is 13.5. The third-order valence-electron chi connectivity index (χ3n) is 7.16. The van der Waals surface area contributed by atoms with Crippen molar-refractivity contribution in [2.45, 2.75) is 25.4 Å². The molecule has 0 radical (unpaired) electrons. The molecule has 2 heteroatoms. The zero-order valence-corrected chi connectivity index (χ0v) is 22.3. The molecule has 0 aliphatic carbocycles. The fourth-order valence-electron chi connectivity index (χ4n) is 5.25. The summed E-state index contributed by atoms with van der Waals surface area (Å²) in [5.74, 6) is 0.954. The van der Waals surface area contributed by atoms with Crippen molar-refractivity contribution in [3.8, 4) is 5.75 Å². The molecular weight excluding hydrogens is 467 g/mol. The van der Waals surface area contributed by atoms with E-state index in [1.54, 1.807) is 0 Å². The van der Waals surface area contributed by atoms with Gasteiger partial charge in [-0.05, 0) is 0 Å². The van der Waals surface area contributed by atoms with E-state index in [-0.39, 0.29) is 0 Å². The minimum atomic E-state index is -2.29. The van der Waals surface area contributed by atoms with Crippen LogP contribution in [0.3, 0.4) is 0 Å². The summed E-state index contributed by atoms with van der Waals surface area (Å²) < 4.78 is 6.09. The minimum absolute atomic E-state index is 0.753. The standard InChI is InChI=1S/C35H35OP/c1-5-15-30(16-6-1)17-13-14-28-36-32-26-24-31(25-27-32)29-37(33-18-7-2-8-19-33,34-20-9-3-10-21-34)35-22-11-4-12-23-35/h1-12,15-16,18-27,37H,13-14,17,28-29H2. The third kappa shape index (κ3) is 6.19. The molecule has 0 saturated carbocycles. The minimum Gasteiger partial charge on any atom is -0.0620 e. The molecule has 0 bridgehead atoms. The van der Waals surface area contributed by atoms with Crippen LogP contribution in [-0.2, 0) is 12.6 Å². The van der Waals surface area contributed by atoms with Gasteiger partial charge in [-0.25, -0.2) is 0 Å². The van der Waals surface area contributed by atoms with Crippen molar-refractivity contribution in [1.29, 1.82) is 0 Å². The molecule has 0 aliphatic rings. The number of aryl methyl sites for hydroxylation is 1. The molecule has 5 aromatic carbocycles. The monoisotopic (exact) mass is 502 g/mol. The number of unbranched alkanes of at least 4 members (excludes halogenated alkanes) is 1. The molecule has 186 valence electrons. The van der Waals surface area contributed by atoms with E-state index in [0.29, 0.717) is 0 Å². The second-order valence-electron chi connectivity index (χ2n) is 9.62. The number of hydrogen-bond donors (Lipinski definition) is 0. The van der Waals surface area contributed by atoms with Gasteiger partial charge >= 0.3 is 204 Å². The molecule has 0 spiro atoms. The van der Waals surface area contributed by atoms with Crippen molar-refractivity contribution in [3.05, 3.63) is 157 Å². The van der Waals surface area contributed by atoms with Crippen LogP contribution in [0.2, 0.25) is 0 Å². The molecule has 1 nitrogen and oxygen atoms in total. The zero-order valence-electron chi connectivity index (χ0n) is 21.3. The van der Waals surface area contributed by atoms with E-state index in [1.807, 2.05) is 0 Å². The molecule has 0 aromatic heterocycles. The Kier molecular flexibility index (Phi) is 8.46. The Balaban J connectivity index is 1.34. The smallest absolute Gasteiger partial charge is 0.0620 e. The Bertz CT molecular complexity index is 1240. The van der Waals surface area contributed by atoms with E-state index in [2.05, 4.69) is 146 Å². The van der Waals surface area contributed by atoms with E-state index in [4.69, 9.17) is 4.74 Å². The molecule has 5 aromatic rings. The van der Waals surface area contributed by atoms with Gasteiger partial charge in [0.1, 0.15) is 0 Å². The number of rotatable bonds is 11. The van der Waals surface area contributed by atoms with Crippen molar-refractivity contribution < 1.29 is 4.74 Å². The number of benzene rings is 5. The maximum atomic E-state index is 6.09. The number of ether oxygens (including phenoxy) is 1. The molecular formula is C35H35OP. The van der Waals surface area contributed by atoms with Crippen LogP contribution in [0, 0.1) is 0 Å². The number of hydrogen-bond acceptors (Lipinski definition) is 1. The van der Waals surface area contributed by atoms with Gasteiger partial charge in [0.05, 0.1) is 0 Å². The Morgan fingerprint density at radius 3 is 1.38 bits per heavy atom. The maximum absolute atomic E-state index is 6.09. The van der Waals surface area contributed by atoms with Crippen LogP contribution >= 0.6 is 7.26 Å². The topological polar surface area (TPSA) is 9.23 Å². The van der Waals surface area contributed by atoms with Crippen molar-refractivity contribution in [3.63, 3.8) is 0 Å². The molecule has 0 unspecified atom stereocenters. The summed E-state index contributed by atoms with van der Waals surface area (Å²) in [4.78, 5) is 0. The van der Waals surface area contributed by atoms with Crippen LogP contribution in [-0.4, -0.2) is 6.61 Å².